The molecule has 1 aromatic carbocycles. The van der Waals surface area contributed by atoms with Gasteiger partial charge in [0, 0.05) is 56.2 Å². The number of sulfonamides is 1. The first-order valence-corrected chi connectivity index (χ1v) is 15.1. The number of pyridine rings is 2. The van der Waals surface area contributed by atoms with Crippen LogP contribution in [0, 0.1) is 5.82 Å². The second-order valence-corrected chi connectivity index (χ2v) is 11.9. The molecule has 0 atom stereocenters. The zero-order valence-corrected chi connectivity index (χ0v) is 24.7. The second kappa shape index (κ2) is 12.6. The molecule has 3 aromatic heterocycles. The van der Waals surface area contributed by atoms with Gasteiger partial charge >= 0.3 is 0 Å². The van der Waals surface area contributed by atoms with E-state index in [0.29, 0.717) is 23.4 Å². The zero-order chi connectivity index (χ0) is 29.9. The van der Waals surface area contributed by atoms with Gasteiger partial charge in [0.25, 0.3) is 15.6 Å². The highest BCUT2D eigenvalue weighted by atomic mass is 35.5. The molecular formula is C28H30ClFN6O5S. The van der Waals surface area contributed by atoms with E-state index in [4.69, 9.17) is 21.1 Å². The van der Waals surface area contributed by atoms with Gasteiger partial charge in [-0.15, -0.1) is 0 Å². The van der Waals surface area contributed by atoms with Crippen molar-refractivity contribution >= 4 is 33.0 Å². The largest absolute Gasteiger partial charge is 0.487 e. The minimum atomic E-state index is -4.22. The molecule has 14 heteroatoms. The lowest BCUT2D eigenvalue weighted by Crippen LogP contribution is -2.44. The number of halogens is 2. The number of piperazine rings is 1. The van der Waals surface area contributed by atoms with Crippen LogP contribution in [-0.4, -0.2) is 86.1 Å². The van der Waals surface area contributed by atoms with Gasteiger partial charge < -0.3 is 19.3 Å². The molecule has 1 aliphatic heterocycles. The predicted octanol–water partition coefficient (Wildman–Crippen LogP) is 3.37. The summed E-state index contributed by atoms with van der Waals surface area (Å²) in [7, 11) is -0.755. The lowest BCUT2D eigenvalue weighted by Gasteiger charge is -2.32. The van der Waals surface area contributed by atoms with E-state index in [-0.39, 0.29) is 32.8 Å². The molecule has 11 nitrogen and oxygen atoms in total. The number of anilines is 1. The number of likely N-dealkylation sites (N-methyl/N-ethyl adjacent to an activating group) is 1. The van der Waals surface area contributed by atoms with Crippen LogP contribution in [0.1, 0.15) is 6.42 Å². The van der Waals surface area contributed by atoms with Crippen molar-refractivity contribution in [2.24, 2.45) is 0 Å². The van der Waals surface area contributed by atoms with Crippen LogP contribution < -0.4 is 19.8 Å². The van der Waals surface area contributed by atoms with Crippen LogP contribution >= 0.6 is 11.6 Å². The molecule has 0 amide bonds. The second-order valence-electron chi connectivity index (χ2n) is 9.88. The fourth-order valence-corrected chi connectivity index (χ4v) is 6.19. The molecule has 0 saturated carbocycles. The third kappa shape index (κ3) is 6.65. The topological polar surface area (TPSA) is 118 Å². The number of nitrogens with zero attached hydrogens (tertiary/aromatic N) is 5. The van der Waals surface area contributed by atoms with Crippen LogP contribution in [0.4, 0.5) is 10.1 Å². The first kappa shape index (κ1) is 29.7. The number of hydrogen-bond donors (Lipinski definition) is 1. The van der Waals surface area contributed by atoms with E-state index in [1.165, 1.54) is 30.0 Å². The molecule has 4 aromatic rings. The highest BCUT2D eigenvalue weighted by Crippen LogP contribution is 2.31. The molecule has 4 heterocycles. The molecule has 1 aliphatic rings. The molecule has 0 spiro atoms. The minimum Gasteiger partial charge on any atom is -0.487 e. The maximum atomic E-state index is 13.5. The summed E-state index contributed by atoms with van der Waals surface area (Å²) in [6.07, 6.45) is 5.28. The van der Waals surface area contributed by atoms with Crippen LogP contribution in [0.5, 0.6) is 11.6 Å². The Bertz CT molecular complexity index is 1760. The Morgan fingerprint density at radius 2 is 1.83 bits per heavy atom. The Morgan fingerprint density at radius 3 is 2.57 bits per heavy atom. The fraction of sp³-hybridized carbons (Fsp3) is 0.321. The average Bonchev–Trinajstić information content (AvgIpc) is 2.96. The summed E-state index contributed by atoms with van der Waals surface area (Å²) in [6.45, 7) is 5.40. The summed E-state index contributed by atoms with van der Waals surface area (Å²) in [5, 5.41) is -0.274. The minimum absolute atomic E-state index is 0.00689. The van der Waals surface area contributed by atoms with Crippen LogP contribution in [0.2, 0.25) is 5.02 Å². The van der Waals surface area contributed by atoms with E-state index < -0.39 is 15.8 Å². The van der Waals surface area contributed by atoms with Gasteiger partial charge in [0.15, 0.2) is 0 Å². The zero-order valence-electron chi connectivity index (χ0n) is 23.1. The number of ether oxygens (including phenoxy) is 2. The van der Waals surface area contributed by atoms with Crippen molar-refractivity contribution in [1.82, 2.24) is 24.2 Å². The number of benzene rings is 1. The Balaban J connectivity index is 1.36. The number of methoxy groups -OCH3 is 1. The molecule has 0 aliphatic carbocycles. The Hall–Kier alpha value is -3.78. The van der Waals surface area contributed by atoms with Crippen molar-refractivity contribution in [2.75, 3.05) is 58.2 Å². The molecule has 1 fully saturated rings. The van der Waals surface area contributed by atoms with Crippen LogP contribution in [-0.2, 0) is 10.0 Å². The van der Waals surface area contributed by atoms with Gasteiger partial charge in [-0.1, -0.05) is 11.6 Å². The van der Waals surface area contributed by atoms with Crippen molar-refractivity contribution in [3.8, 4) is 22.8 Å². The van der Waals surface area contributed by atoms with Crippen molar-refractivity contribution < 1.29 is 22.3 Å². The number of rotatable bonds is 10. The third-order valence-corrected chi connectivity index (χ3v) is 8.80. The monoisotopic (exact) mass is 616 g/mol. The molecular weight excluding hydrogens is 587 g/mol. The summed E-state index contributed by atoms with van der Waals surface area (Å²) in [6, 6.07) is 7.89. The molecule has 222 valence electrons. The van der Waals surface area contributed by atoms with Crippen molar-refractivity contribution in [2.45, 2.75) is 11.3 Å². The van der Waals surface area contributed by atoms with Gasteiger partial charge in [0.05, 0.1) is 24.9 Å². The van der Waals surface area contributed by atoms with E-state index in [9.17, 15) is 17.6 Å². The molecule has 1 N–H and O–H groups in total. The predicted molar refractivity (Wildman–Crippen MR) is 158 cm³/mol. The average molecular weight is 617 g/mol. The number of nitrogens with one attached hydrogen (secondary N) is 1. The maximum absolute atomic E-state index is 13.5. The summed E-state index contributed by atoms with van der Waals surface area (Å²) in [4.78, 5) is 26.2. The standard InChI is InChI=1S/C28H30ClFN6O5S/c1-34-9-11-35(12-10-34)8-3-13-41-24-17-31-26-7-4-19(18-36(26)28(24)37)20-14-23(27(40-2)32-16-20)33-42(38,39)25-6-5-21(30)15-22(25)29/h4-7,14-18,33H,3,8-13H2,1-2H3. The van der Waals surface area contributed by atoms with Gasteiger partial charge in [0.1, 0.15) is 22.0 Å². The van der Waals surface area contributed by atoms with Gasteiger partial charge in [0.2, 0.25) is 11.6 Å². The van der Waals surface area contributed by atoms with Crippen molar-refractivity contribution in [3.63, 3.8) is 0 Å². The lowest BCUT2D eigenvalue weighted by atomic mass is 10.1. The third-order valence-electron chi connectivity index (χ3n) is 6.95. The Labute approximate surface area is 247 Å². The molecule has 1 saturated heterocycles. The maximum Gasteiger partial charge on any atom is 0.300 e. The highest BCUT2D eigenvalue weighted by Gasteiger charge is 2.22. The molecule has 0 radical (unpaired) electrons. The Kier molecular flexibility index (Phi) is 8.92. The highest BCUT2D eigenvalue weighted by molar-refractivity contribution is 7.92. The van der Waals surface area contributed by atoms with Crippen molar-refractivity contribution in [3.05, 3.63) is 76.2 Å². The summed E-state index contributed by atoms with van der Waals surface area (Å²) >= 11 is 5.99. The number of aromatic nitrogens is 3. The van der Waals surface area contributed by atoms with Gasteiger partial charge in [-0.3, -0.25) is 13.9 Å². The van der Waals surface area contributed by atoms with Crippen LogP contribution in [0.25, 0.3) is 16.8 Å². The SMILES string of the molecule is COc1ncc(-c2ccc3ncc(OCCCN4CCN(C)CC4)c(=O)n3c2)cc1NS(=O)(=O)c1ccc(F)cc1Cl. The normalized spacial score (nSPS) is 14.7. The van der Waals surface area contributed by atoms with E-state index in [0.717, 1.165) is 57.3 Å². The van der Waals surface area contributed by atoms with Gasteiger partial charge in [-0.05, 0) is 49.9 Å². The van der Waals surface area contributed by atoms with Crippen LogP contribution in [0.15, 0.2) is 64.7 Å². The quantitative estimate of drug-likeness (QED) is 0.268. The smallest absolute Gasteiger partial charge is 0.300 e. The van der Waals surface area contributed by atoms with Crippen molar-refractivity contribution in [1.29, 1.82) is 0 Å². The first-order chi connectivity index (χ1) is 20.1. The van der Waals surface area contributed by atoms with E-state index in [2.05, 4.69) is 31.5 Å². The van der Waals surface area contributed by atoms with E-state index in [1.807, 2.05) is 0 Å². The molecule has 42 heavy (non-hydrogen) atoms. The van der Waals surface area contributed by atoms with Gasteiger partial charge in [-0.2, -0.15) is 0 Å². The Morgan fingerprint density at radius 1 is 1.05 bits per heavy atom. The molecule has 0 bridgehead atoms. The summed E-state index contributed by atoms with van der Waals surface area (Å²) in [5.74, 6) is -0.520. The molecule has 0 unspecified atom stereocenters. The van der Waals surface area contributed by atoms with Crippen LogP contribution in [0.3, 0.4) is 0 Å². The lowest BCUT2D eigenvalue weighted by molar-refractivity contribution is 0.145. The summed E-state index contributed by atoms with van der Waals surface area (Å²) < 4.78 is 54.4. The molecule has 5 rings (SSSR count). The van der Waals surface area contributed by atoms with E-state index in [1.54, 1.807) is 18.3 Å². The summed E-state index contributed by atoms with van der Waals surface area (Å²) in [5.41, 5.74) is 1.13. The number of hydrogen-bond acceptors (Lipinski definition) is 9. The van der Waals surface area contributed by atoms with Gasteiger partial charge in [-0.25, -0.2) is 22.8 Å². The fourth-order valence-electron chi connectivity index (χ4n) is 4.61. The first-order valence-electron chi connectivity index (χ1n) is 13.2. The van der Waals surface area contributed by atoms with E-state index >= 15 is 0 Å². The number of fused-ring (bicyclic) bond motifs is 1.